The zero-order valence-electron chi connectivity index (χ0n) is 8.68. The van der Waals surface area contributed by atoms with Gasteiger partial charge >= 0.3 is 0 Å². The second-order valence-electron chi connectivity index (χ2n) is 4.87. The maximum atomic E-state index is 11.4. The van der Waals surface area contributed by atoms with E-state index in [1.807, 2.05) is 0 Å². The molecule has 2 rings (SSSR count). The van der Waals surface area contributed by atoms with Crippen molar-refractivity contribution in [3.8, 4) is 0 Å². The molecule has 0 atom stereocenters. The summed E-state index contributed by atoms with van der Waals surface area (Å²) in [4.78, 5) is 13.6. The van der Waals surface area contributed by atoms with Gasteiger partial charge in [-0.15, -0.1) is 0 Å². The van der Waals surface area contributed by atoms with Crippen LogP contribution in [0.3, 0.4) is 0 Å². The first-order valence-corrected chi connectivity index (χ1v) is 5.42. The molecule has 0 bridgehead atoms. The van der Waals surface area contributed by atoms with E-state index in [4.69, 9.17) is 0 Å². The van der Waals surface area contributed by atoms with Crippen molar-refractivity contribution in [3.63, 3.8) is 0 Å². The van der Waals surface area contributed by atoms with Gasteiger partial charge in [0.2, 0.25) is 5.91 Å². The highest BCUT2D eigenvalue weighted by Crippen LogP contribution is 2.47. The fourth-order valence-corrected chi connectivity index (χ4v) is 3.25. The van der Waals surface area contributed by atoms with E-state index in [2.05, 4.69) is 11.8 Å². The summed E-state index contributed by atoms with van der Waals surface area (Å²) in [5.41, 5.74) is 0.295. The second kappa shape index (κ2) is 3.00. The van der Waals surface area contributed by atoms with Gasteiger partial charge in [0.1, 0.15) is 0 Å². The van der Waals surface area contributed by atoms with Crippen molar-refractivity contribution in [3.05, 3.63) is 0 Å². The molecule has 0 N–H and O–H groups in total. The standard InChI is InChI=1S/C11H19NO/c1-9-7-11(8-9)5-3-4-6-12(11)10(2)13/h9H,3-8H2,1-2H3. The van der Waals surface area contributed by atoms with Crippen LogP contribution in [0.4, 0.5) is 0 Å². The monoisotopic (exact) mass is 181 g/mol. The Morgan fingerprint density at radius 3 is 2.62 bits per heavy atom. The zero-order valence-corrected chi connectivity index (χ0v) is 8.68. The number of hydrogen-bond donors (Lipinski definition) is 0. The van der Waals surface area contributed by atoms with Crippen molar-refractivity contribution in [2.24, 2.45) is 5.92 Å². The molecule has 1 amide bonds. The smallest absolute Gasteiger partial charge is 0.219 e. The van der Waals surface area contributed by atoms with E-state index in [1.165, 1.54) is 32.1 Å². The van der Waals surface area contributed by atoms with Crippen LogP contribution < -0.4 is 0 Å². The van der Waals surface area contributed by atoms with Gasteiger partial charge < -0.3 is 4.90 Å². The van der Waals surface area contributed by atoms with Gasteiger partial charge in [-0.1, -0.05) is 6.92 Å². The van der Waals surface area contributed by atoms with Gasteiger partial charge in [0.05, 0.1) is 0 Å². The molecule has 74 valence electrons. The normalized spacial score (nSPS) is 38.9. The van der Waals surface area contributed by atoms with E-state index in [1.54, 1.807) is 6.92 Å². The molecule has 1 saturated heterocycles. The summed E-state index contributed by atoms with van der Waals surface area (Å²) in [6, 6.07) is 0. The number of rotatable bonds is 0. The van der Waals surface area contributed by atoms with Crippen LogP contribution in [0.2, 0.25) is 0 Å². The third-order valence-corrected chi connectivity index (χ3v) is 3.68. The molecule has 0 radical (unpaired) electrons. The Kier molecular flexibility index (Phi) is 2.09. The molecular weight excluding hydrogens is 162 g/mol. The number of nitrogens with zero attached hydrogens (tertiary/aromatic N) is 1. The Hall–Kier alpha value is -0.530. The molecule has 1 aliphatic heterocycles. The molecule has 0 aromatic carbocycles. The summed E-state index contributed by atoms with van der Waals surface area (Å²) in [7, 11) is 0. The van der Waals surface area contributed by atoms with Crippen molar-refractivity contribution in [2.45, 2.75) is 51.5 Å². The van der Waals surface area contributed by atoms with Crippen LogP contribution in [-0.2, 0) is 4.79 Å². The first kappa shape index (κ1) is 9.04. The molecule has 1 spiro atoms. The molecule has 2 nitrogen and oxygen atoms in total. The Morgan fingerprint density at radius 2 is 2.08 bits per heavy atom. The summed E-state index contributed by atoms with van der Waals surface area (Å²) >= 11 is 0. The summed E-state index contributed by atoms with van der Waals surface area (Å²) in [5, 5.41) is 0. The minimum absolute atomic E-state index is 0.284. The van der Waals surface area contributed by atoms with E-state index in [-0.39, 0.29) is 5.91 Å². The Balaban J connectivity index is 2.10. The van der Waals surface area contributed by atoms with Crippen LogP contribution in [0.1, 0.15) is 46.0 Å². The highest BCUT2D eigenvalue weighted by molar-refractivity contribution is 5.74. The van der Waals surface area contributed by atoms with E-state index in [0.29, 0.717) is 5.54 Å². The number of piperidine rings is 1. The third-order valence-electron chi connectivity index (χ3n) is 3.68. The summed E-state index contributed by atoms with van der Waals surface area (Å²) in [6.07, 6.45) is 6.25. The molecular formula is C11H19NO. The Morgan fingerprint density at radius 1 is 1.38 bits per heavy atom. The molecule has 2 fully saturated rings. The lowest BCUT2D eigenvalue weighted by molar-refractivity contribution is -0.145. The fraction of sp³-hybridized carbons (Fsp3) is 0.909. The average molecular weight is 181 g/mol. The summed E-state index contributed by atoms with van der Waals surface area (Å²) in [5.74, 6) is 1.12. The van der Waals surface area contributed by atoms with Gasteiger partial charge in [-0.2, -0.15) is 0 Å². The van der Waals surface area contributed by atoms with E-state index in [0.717, 1.165) is 12.5 Å². The highest BCUT2D eigenvalue weighted by atomic mass is 16.2. The van der Waals surface area contributed by atoms with Crippen LogP contribution >= 0.6 is 0 Å². The SMILES string of the molecule is CC(=O)N1CCCCC12CC(C)C2. The zero-order chi connectivity index (χ0) is 9.47. The molecule has 2 aliphatic rings. The number of carbonyl (C=O) groups is 1. The number of carbonyl (C=O) groups excluding carboxylic acids is 1. The predicted molar refractivity (Wildman–Crippen MR) is 52.4 cm³/mol. The predicted octanol–water partition coefficient (Wildman–Crippen LogP) is 2.19. The summed E-state index contributed by atoms with van der Waals surface area (Å²) in [6.45, 7) is 5.01. The maximum Gasteiger partial charge on any atom is 0.219 e. The second-order valence-corrected chi connectivity index (χ2v) is 4.87. The van der Waals surface area contributed by atoms with Crippen molar-refractivity contribution in [2.75, 3.05) is 6.54 Å². The molecule has 0 aromatic rings. The molecule has 2 heteroatoms. The first-order chi connectivity index (χ1) is 6.14. The molecule has 1 aliphatic carbocycles. The molecule has 0 unspecified atom stereocenters. The molecule has 0 aromatic heterocycles. The van der Waals surface area contributed by atoms with Gasteiger partial charge in [-0.25, -0.2) is 0 Å². The van der Waals surface area contributed by atoms with Crippen LogP contribution in [0.25, 0.3) is 0 Å². The van der Waals surface area contributed by atoms with Crippen molar-refractivity contribution in [1.29, 1.82) is 0 Å². The largest absolute Gasteiger partial charge is 0.337 e. The number of hydrogen-bond acceptors (Lipinski definition) is 1. The lowest BCUT2D eigenvalue weighted by Gasteiger charge is -2.56. The molecule has 1 heterocycles. The van der Waals surface area contributed by atoms with Gasteiger partial charge in [0.25, 0.3) is 0 Å². The van der Waals surface area contributed by atoms with Crippen LogP contribution in [0, 0.1) is 5.92 Å². The van der Waals surface area contributed by atoms with Crippen LogP contribution in [0.15, 0.2) is 0 Å². The molecule has 1 saturated carbocycles. The van der Waals surface area contributed by atoms with E-state index >= 15 is 0 Å². The van der Waals surface area contributed by atoms with E-state index in [9.17, 15) is 4.79 Å². The van der Waals surface area contributed by atoms with Crippen molar-refractivity contribution in [1.82, 2.24) is 4.90 Å². The molecule has 13 heavy (non-hydrogen) atoms. The number of likely N-dealkylation sites (tertiary alicyclic amines) is 1. The lowest BCUT2D eigenvalue weighted by atomic mass is 9.64. The third kappa shape index (κ3) is 1.36. The number of amides is 1. The van der Waals surface area contributed by atoms with Gasteiger partial charge in [0.15, 0.2) is 0 Å². The van der Waals surface area contributed by atoms with E-state index < -0.39 is 0 Å². The lowest BCUT2D eigenvalue weighted by Crippen LogP contribution is -2.60. The average Bonchev–Trinajstić information content (AvgIpc) is 2.02. The Bertz CT molecular complexity index is 213. The fourth-order valence-electron chi connectivity index (χ4n) is 3.25. The first-order valence-electron chi connectivity index (χ1n) is 5.42. The topological polar surface area (TPSA) is 20.3 Å². The summed E-state index contributed by atoms with van der Waals surface area (Å²) < 4.78 is 0. The quantitative estimate of drug-likeness (QED) is 0.561. The van der Waals surface area contributed by atoms with Gasteiger partial charge in [-0.05, 0) is 38.0 Å². The van der Waals surface area contributed by atoms with Gasteiger partial charge in [0, 0.05) is 19.0 Å². The van der Waals surface area contributed by atoms with Crippen LogP contribution in [0.5, 0.6) is 0 Å². The Labute approximate surface area is 80.3 Å². The van der Waals surface area contributed by atoms with Crippen molar-refractivity contribution < 1.29 is 4.79 Å². The van der Waals surface area contributed by atoms with Crippen molar-refractivity contribution >= 4 is 5.91 Å². The maximum absolute atomic E-state index is 11.4. The van der Waals surface area contributed by atoms with Crippen LogP contribution in [-0.4, -0.2) is 22.9 Å². The minimum atomic E-state index is 0.284. The highest BCUT2D eigenvalue weighted by Gasteiger charge is 2.48. The minimum Gasteiger partial charge on any atom is -0.337 e. The van der Waals surface area contributed by atoms with Gasteiger partial charge in [-0.3, -0.25) is 4.79 Å².